The maximum Gasteiger partial charge on any atom is 0.238 e. The summed E-state index contributed by atoms with van der Waals surface area (Å²) in [5.41, 5.74) is 6.95. The minimum absolute atomic E-state index is 0.180. The minimum atomic E-state index is 0.180. The van der Waals surface area contributed by atoms with E-state index in [9.17, 15) is 0 Å². The Morgan fingerprint density at radius 3 is 2.26 bits per heavy atom. The van der Waals surface area contributed by atoms with Crippen molar-refractivity contribution >= 4 is 5.82 Å². The molecule has 0 saturated heterocycles. The molecule has 2 rings (SSSR count). The van der Waals surface area contributed by atoms with Gasteiger partial charge in [0.05, 0.1) is 0 Å². The van der Waals surface area contributed by atoms with Crippen LogP contribution in [0.3, 0.4) is 0 Å². The third kappa shape index (κ3) is 3.22. The van der Waals surface area contributed by atoms with E-state index >= 15 is 0 Å². The van der Waals surface area contributed by atoms with Crippen molar-refractivity contribution in [2.75, 3.05) is 5.73 Å². The lowest BCUT2D eigenvalue weighted by Crippen LogP contribution is -2.14. The molecule has 0 atom stereocenters. The van der Waals surface area contributed by atoms with Crippen LogP contribution in [0.4, 0.5) is 5.82 Å². The number of hydrogen-bond acceptors (Lipinski definition) is 4. The molecule has 0 radical (unpaired) electrons. The second-order valence-electron chi connectivity index (χ2n) is 5.16. The highest BCUT2D eigenvalue weighted by molar-refractivity contribution is 5.34. The number of ether oxygens (including phenoxy) is 1. The van der Waals surface area contributed by atoms with E-state index in [4.69, 9.17) is 10.5 Å². The molecule has 1 aromatic carbocycles. The van der Waals surface area contributed by atoms with Gasteiger partial charge in [-0.2, -0.15) is 0 Å². The zero-order valence-electron chi connectivity index (χ0n) is 11.6. The summed E-state index contributed by atoms with van der Waals surface area (Å²) in [6.07, 6.45) is 1.09. The summed E-state index contributed by atoms with van der Waals surface area (Å²) in [6.45, 7) is 6.65. The average Bonchev–Trinajstić information content (AvgIpc) is 2.42. The number of benzene rings is 1. The molecular weight excluding hydrogens is 238 g/mol. The Bertz CT molecular complexity index is 532. The minimum Gasteiger partial charge on any atom is -0.438 e. The van der Waals surface area contributed by atoms with Crippen LogP contribution in [0.25, 0.3) is 0 Å². The summed E-state index contributed by atoms with van der Waals surface area (Å²) in [5.74, 6) is 1.57. The molecule has 0 saturated carbocycles. The second-order valence-corrected chi connectivity index (χ2v) is 5.16. The van der Waals surface area contributed by atoms with Gasteiger partial charge in [0, 0.05) is 6.07 Å². The largest absolute Gasteiger partial charge is 0.438 e. The topological polar surface area (TPSA) is 61.0 Å². The van der Waals surface area contributed by atoms with Gasteiger partial charge < -0.3 is 10.5 Å². The highest BCUT2D eigenvalue weighted by Crippen LogP contribution is 2.29. The average molecular weight is 257 g/mol. The standard InChI is InChI=1S/C15H19N3O/c1-4-15(2,3)11-5-7-12(8-6-11)19-14-10-9-13(16)17-18-14/h5-10H,4H2,1-3H3,(H2,16,17). The van der Waals surface area contributed by atoms with Crippen LogP contribution >= 0.6 is 0 Å². The Balaban J connectivity index is 2.13. The Morgan fingerprint density at radius 1 is 1.05 bits per heavy atom. The summed E-state index contributed by atoms with van der Waals surface area (Å²) in [5, 5.41) is 7.61. The Kier molecular flexibility index (Phi) is 3.69. The molecule has 0 spiro atoms. The predicted octanol–water partition coefficient (Wildman–Crippen LogP) is 3.54. The molecule has 0 aliphatic heterocycles. The van der Waals surface area contributed by atoms with Gasteiger partial charge in [-0.05, 0) is 35.6 Å². The first-order chi connectivity index (χ1) is 9.01. The van der Waals surface area contributed by atoms with Crippen molar-refractivity contribution in [1.29, 1.82) is 0 Å². The van der Waals surface area contributed by atoms with Crippen LogP contribution in [0, 0.1) is 0 Å². The Morgan fingerprint density at radius 2 is 1.74 bits per heavy atom. The van der Waals surface area contributed by atoms with Gasteiger partial charge in [0.1, 0.15) is 11.6 Å². The van der Waals surface area contributed by atoms with Crippen LogP contribution in [0.1, 0.15) is 32.8 Å². The molecule has 0 amide bonds. The normalized spacial score (nSPS) is 11.3. The number of hydrogen-bond donors (Lipinski definition) is 1. The summed E-state index contributed by atoms with van der Waals surface area (Å²) < 4.78 is 5.61. The summed E-state index contributed by atoms with van der Waals surface area (Å²) in [6, 6.07) is 11.4. The van der Waals surface area contributed by atoms with Crippen molar-refractivity contribution in [3.8, 4) is 11.6 Å². The SMILES string of the molecule is CCC(C)(C)c1ccc(Oc2ccc(N)nn2)cc1. The molecule has 0 aliphatic rings. The zero-order chi connectivity index (χ0) is 13.9. The first-order valence-electron chi connectivity index (χ1n) is 6.39. The van der Waals surface area contributed by atoms with E-state index in [1.54, 1.807) is 12.1 Å². The van der Waals surface area contributed by atoms with Gasteiger partial charge in [-0.15, -0.1) is 10.2 Å². The number of nitrogens with zero attached hydrogens (tertiary/aromatic N) is 2. The zero-order valence-corrected chi connectivity index (χ0v) is 11.6. The van der Waals surface area contributed by atoms with Gasteiger partial charge in [-0.1, -0.05) is 32.9 Å². The first kappa shape index (κ1) is 13.3. The smallest absolute Gasteiger partial charge is 0.238 e. The molecule has 1 aromatic heterocycles. The molecule has 0 aliphatic carbocycles. The number of nitrogens with two attached hydrogens (primary N) is 1. The van der Waals surface area contributed by atoms with E-state index in [-0.39, 0.29) is 5.41 Å². The van der Waals surface area contributed by atoms with Crippen LogP contribution in [0.2, 0.25) is 0 Å². The monoisotopic (exact) mass is 257 g/mol. The highest BCUT2D eigenvalue weighted by Gasteiger charge is 2.17. The van der Waals surface area contributed by atoms with Gasteiger partial charge >= 0.3 is 0 Å². The van der Waals surface area contributed by atoms with Crippen LogP contribution in [0.15, 0.2) is 36.4 Å². The lowest BCUT2D eigenvalue weighted by molar-refractivity contribution is 0.453. The lowest BCUT2D eigenvalue weighted by Gasteiger charge is -2.23. The first-order valence-corrected chi connectivity index (χ1v) is 6.39. The molecule has 0 unspecified atom stereocenters. The molecular formula is C15H19N3O. The van der Waals surface area contributed by atoms with Crippen molar-refractivity contribution in [1.82, 2.24) is 10.2 Å². The number of aromatic nitrogens is 2. The van der Waals surface area contributed by atoms with E-state index in [0.717, 1.165) is 12.2 Å². The number of anilines is 1. The fourth-order valence-electron chi connectivity index (χ4n) is 1.68. The highest BCUT2D eigenvalue weighted by atomic mass is 16.5. The van der Waals surface area contributed by atoms with Crippen molar-refractivity contribution in [2.45, 2.75) is 32.6 Å². The Hall–Kier alpha value is -2.10. The summed E-state index contributed by atoms with van der Waals surface area (Å²) in [4.78, 5) is 0. The van der Waals surface area contributed by atoms with Gasteiger partial charge in [0.25, 0.3) is 0 Å². The number of rotatable bonds is 4. The second kappa shape index (κ2) is 5.26. The van der Waals surface area contributed by atoms with Crippen molar-refractivity contribution in [3.05, 3.63) is 42.0 Å². The lowest BCUT2D eigenvalue weighted by atomic mass is 9.82. The maximum absolute atomic E-state index is 5.61. The Labute approximate surface area is 113 Å². The van der Waals surface area contributed by atoms with Crippen molar-refractivity contribution in [2.24, 2.45) is 0 Å². The van der Waals surface area contributed by atoms with Gasteiger partial charge in [0.15, 0.2) is 0 Å². The summed E-state index contributed by atoms with van der Waals surface area (Å²) >= 11 is 0. The van der Waals surface area contributed by atoms with Gasteiger partial charge in [-0.25, -0.2) is 0 Å². The van der Waals surface area contributed by atoms with Gasteiger partial charge in [0.2, 0.25) is 5.88 Å². The van der Waals surface area contributed by atoms with Crippen LogP contribution < -0.4 is 10.5 Å². The molecule has 2 aromatic rings. The van der Waals surface area contributed by atoms with E-state index in [0.29, 0.717) is 11.7 Å². The maximum atomic E-state index is 5.61. The van der Waals surface area contributed by atoms with E-state index in [1.165, 1.54) is 5.56 Å². The van der Waals surface area contributed by atoms with Crippen molar-refractivity contribution in [3.63, 3.8) is 0 Å². The third-order valence-corrected chi connectivity index (χ3v) is 3.40. The van der Waals surface area contributed by atoms with E-state index < -0.39 is 0 Å². The third-order valence-electron chi connectivity index (χ3n) is 3.40. The molecule has 4 nitrogen and oxygen atoms in total. The fourth-order valence-corrected chi connectivity index (χ4v) is 1.68. The molecule has 100 valence electrons. The predicted molar refractivity (Wildman–Crippen MR) is 76.3 cm³/mol. The van der Waals surface area contributed by atoms with Crippen LogP contribution in [-0.2, 0) is 5.41 Å². The molecule has 0 fully saturated rings. The van der Waals surface area contributed by atoms with Crippen LogP contribution in [0.5, 0.6) is 11.6 Å². The molecule has 2 N–H and O–H groups in total. The van der Waals surface area contributed by atoms with Crippen molar-refractivity contribution < 1.29 is 4.74 Å². The molecule has 19 heavy (non-hydrogen) atoms. The van der Waals surface area contributed by atoms with Gasteiger partial charge in [-0.3, -0.25) is 0 Å². The molecule has 1 heterocycles. The fraction of sp³-hybridized carbons (Fsp3) is 0.333. The molecule has 0 bridgehead atoms. The van der Waals surface area contributed by atoms with E-state index in [2.05, 4.69) is 43.1 Å². The molecule has 4 heteroatoms. The number of nitrogen functional groups attached to an aromatic ring is 1. The summed E-state index contributed by atoms with van der Waals surface area (Å²) in [7, 11) is 0. The van der Waals surface area contributed by atoms with Crippen LogP contribution in [-0.4, -0.2) is 10.2 Å². The van der Waals surface area contributed by atoms with E-state index in [1.807, 2.05) is 12.1 Å². The quantitative estimate of drug-likeness (QED) is 0.910.